The molecule has 0 aliphatic heterocycles. The maximum atomic E-state index is 12.1. The Bertz CT molecular complexity index is 564. The van der Waals surface area contributed by atoms with Crippen molar-refractivity contribution in [3.63, 3.8) is 0 Å². The number of rotatable bonds is 0. The Balaban J connectivity index is 2.48. The highest BCUT2D eigenvalue weighted by Gasteiger charge is 2.20. The van der Waals surface area contributed by atoms with Gasteiger partial charge in [-0.05, 0) is 39.8 Å². The van der Waals surface area contributed by atoms with E-state index in [2.05, 4.69) is 4.98 Å². The smallest absolute Gasteiger partial charge is 0.419 e. The first kappa shape index (κ1) is 11.6. The van der Waals surface area contributed by atoms with Crippen LogP contribution in [0.4, 0.5) is 4.79 Å². The van der Waals surface area contributed by atoms with Crippen molar-refractivity contribution in [2.75, 3.05) is 0 Å². The fraction of sp³-hybridized carbons (Fsp3) is 0.385. The van der Waals surface area contributed by atoms with Gasteiger partial charge >= 0.3 is 6.09 Å². The molecule has 0 N–H and O–H groups in total. The fourth-order valence-electron chi connectivity index (χ4n) is 1.74. The molecule has 0 atom stereocenters. The molecule has 2 rings (SSSR count). The number of hydrogen-bond acceptors (Lipinski definition) is 3. The summed E-state index contributed by atoms with van der Waals surface area (Å²) in [5, 5.41) is 0.989. The molecule has 2 aromatic rings. The molecule has 0 aliphatic carbocycles. The maximum Gasteiger partial charge on any atom is 0.419 e. The highest BCUT2D eigenvalue weighted by molar-refractivity contribution is 5.90. The van der Waals surface area contributed by atoms with Crippen molar-refractivity contribution < 1.29 is 9.53 Å². The number of nitrogens with zero attached hydrogens (tertiary/aromatic N) is 2. The van der Waals surface area contributed by atoms with E-state index in [1.807, 2.05) is 39.8 Å². The standard InChI is InChI=1S/C13H16N2O2/c1-9-7-10-5-6-14-8-11(10)15(9)12(16)17-13(2,3)4/h5-8H,1-4H3. The van der Waals surface area contributed by atoms with E-state index in [4.69, 9.17) is 4.74 Å². The van der Waals surface area contributed by atoms with Gasteiger partial charge in [0.1, 0.15) is 5.60 Å². The zero-order valence-corrected chi connectivity index (χ0v) is 10.5. The van der Waals surface area contributed by atoms with Crippen LogP contribution < -0.4 is 0 Å². The SMILES string of the molecule is Cc1cc2ccncc2n1C(=O)OC(C)(C)C. The molecule has 17 heavy (non-hydrogen) atoms. The van der Waals surface area contributed by atoms with Gasteiger partial charge in [0.15, 0.2) is 0 Å². The lowest BCUT2D eigenvalue weighted by Crippen LogP contribution is -2.27. The monoisotopic (exact) mass is 232 g/mol. The second-order valence-corrected chi connectivity index (χ2v) is 5.04. The summed E-state index contributed by atoms with van der Waals surface area (Å²) in [4.78, 5) is 16.1. The molecule has 0 radical (unpaired) electrons. The van der Waals surface area contributed by atoms with Crippen LogP contribution in [0.2, 0.25) is 0 Å². The molecule has 0 unspecified atom stereocenters. The van der Waals surface area contributed by atoms with E-state index < -0.39 is 5.60 Å². The highest BCUT2D eigenvalue weighted by atomic mass is 16.6. The average Bonchev–Trinajstić information content (AvgIpc) is 2.50. The van der Waals surface area contributed by atoms with E-state index >= 15 is 0 Å². The maximum absolute atomic E-state index is 12.1. The predicted octanol–water partition coefficient (Wildman–Crippen LogP) is 3.13. The number of aromatic nitrogens is 2. The van der Waals surface area contributed by atoms with Gasteiger partial charge in [-0.25, -0.2) is 9.36 Å². The van der Waals surface area contributed by atoms with Crippen molar-refractivity contribution in [3.05, 3.63) is 30.2 Å². The Labute approximate surface area is 100 Å². The zero-order valence-electron chi connectivity index (χ0n) is 10.5. The van der Waals surface area contributed by atoms with Gasteiger partial charge in [-0.2, -0.15) is 0 Å². The summed E-state index contributed by atoms with van der Waals surface area (Å²) in [6.45, 7) is 7.43. The molecule has 4 heteroatoms. The number of aryl methyl sites for hydroxylation is 1. The van der Waals surface area contributed by atoms with Crippen molar-refractivity contribution in [2.24, 2.45) is 0 Å². The van der Waals surface area contributed by atoms with E-state index in [9.17, 15) is 4.79 Å². The normalized spacial score (nSPS) is 11.8. The minimum absolute atomic E-state index is 0.363. The third-order valence-corrected chi connectivity index (χ3v) is 2.37. The first-order valence-corrected chi connectivity index (χ1v) is 5.54. The predicted molar refractivity (Wildman–Crippen MR) is 66.1 cm³/mol. The van der Waals surface area contributed by atoms with Gasteiger partial charge in [0, 0.05) is 17.3 Å². The minimum atomic E-state index is -0.498. The molecule has 0 aliphatic rings. The van der Waals surface area contributed by atoms with Gasteiger partial charge in [0.2, 0.25) is 0 Å². The van der Waals surface area contributed by atoms with Crippen LogP contribution in [0.15, 0.2) is 24.5 Å². The Morgan fingerprint density at radius 1 is 1.41 bits per heavy atom. The van der Waals surface area contributed by atoms with E-state index in [1.165, 1.54) is 0 Å². The van der Waals surface area contributed by atoms with E-state index in [0.29, 0.717) is 0 Å². The number of pyridine rings is 1. The van der Waals surface area contributed by atoms with Crippen LogP contribution in [-0.4, -0.2) is 21.2 Å². The third-order valence-electron chi connectivity index (χ3n) is 2.37. The minimum Gasteiger partial charge on any atom is -0.443 e. The number of fused-ring (bicyclic) bond motifs is 1. The summed E-state index contributed by atoms with van der Waals surface area (Å²) < 4.78 is 6.92. The first-order valence-electron chi connectivity index (χ1n) is 5.54. The molecule has 4 nitrogen and oxygen atoms in total. The van der Waals surface area contributed by atoms with Gasteiger partial charge in [0.05, 0.1) is 11.7 Å². The topological polar surface area (TPSA) is 44.1 Å². The molecule has 90 valence electrons. The van der Waals surface area contributed by atoms with Crippen molar-refractivity contribution >= 4 is 17.0 Å². The lowest BCUT2D eigenvalue weighted by Gasteiger charge is -2.20. The van der Waals surface area contributed by atoms with Gasteiger partial charge < -0.3 is 4.74 Å². The quantitative estimate of drug-likeness (QED) is 0.701. The van der Waals surface area contributed by atoms with Crippen LogP contribution in [-0.2, 0) is 4.74 Å². The molecule has 0 aromatic carbocycles. The van der Waals surface area contributed by atoms with E-state index in [-0.39, 0.29) is 6.09 Å². The van der Waals surface area contributed by atoms with E-state index in [1.54, 1.807) is 17.0 Å². The molecular formula is C13H16N2O2. The third kappa shape index (κ3) is 2.30. The summed E-state index contributed by atoms with van der Waals surface area (Å²) in [5.41, 5.74) is 1.13. The summed E-state index contributed by atoms with van der Waals surface area (Å²) in [5.74, 6) is 0. The van der Waals surface area contributed by atoms with Crippen LogP contribution in [0.5, 0.6) is 0 Å². The first-order chi connectivity index (χ1) is 7.88. The molecule has 0 saturated carbocycles. The summed E-state index contributed by atoms with van der Waals surface area (Å²) >= 11 is 0. The average molecular weight is 232 g/mol. The molecular weight excluding hydrogens is 216 g/mol. The second-order valence-electron chi connectivity index (χ2n) is 5.04. The lowest BCUT2D eigenvalue weighted by atomic mass is 10.2. The van der Waals surface area contributed by atoms with Crippen molar-refractivity contribution in [2.45, 2.75) is 33.3 Å². The number of ether oxygens (including phenoxy) is 1. The molecule has 0 fully saturated rings. The number of carbonyl (C=O) groups is 1. The van der Waals surface area contributed by atoms with Crippen LogP contribution >= 0.6 is 0 Å². The molecule has 2 aromatic heterocycles. The number of hydrogen-bond donors (Lipinski definition) is 0. The Hall–Kier alpha value is -1.84. The van der Waals surface area contributed by atoms with Crippen molar-refractivity contribution in [3.8, 4) is 0 Å². The van der Waals surface area contributed by atoms with Gasteiger partial charge in [-0.15, -0.1) is 0 Å². The second kappa shape index (κ2) is 3.87. The summed E-state index contributed by atoms with van der Waals surface area (Å²) in [6.07, 6.45) is 3.02. The zero-order chi connectivity index (χ0) is 12.6. The summed E-state index contributed by atoms with van der Waals surface area (Å²) in [6, 6.07) is 3.82. The van der Waals surface area contributed by atoms with Crippen LogP contribution in [0.1, 0.15) is 26.5 Å². The molecule has 0 amide bonds. The van der Waals surface area contributed by atoms with Crippen LogP contribution in [0.25, 0.3) is 10.9 Å². The molecule has 0 spiro atoms. The van der Waals surface area contributed by atoms with Crippen LogP contribution in [0.3, 0.4) is 0 Å². The van der Waals surface area contributed by atoms with Crippen LogP contribution in [0, 0.1) is 6.92 Å². The molecule has 2 heterocycles. The Kier molecular flexibility index (Phi) is 2.65. The lowest BCUT2D eigenvalue weighted by molar-refractivity contribution is 0.0541. The van der Waals surface area contributed by atoms with Crippen molar-refractivity contribution in [1.29, 1.82) is 0 Å². The van der Waals surface area contributed by atoms with Crippen molar-refractivity contribution in [1.82, 2.24) is 9.55 Å². The fourth-order valence-corrected chi connectivity index (χ4v) is 1.74. The van der Waals surface area contributed by atoms with E-state index in [0.717, 1.165) is 16.6 Å². The molecule has 0 saturated heterocycles. The highest BCUT2D eigenvalue weighted by Crippen LogP contribution is 2.20. The molecule has 0 bridgehead atoms. The van der Waals surface area contributed by atoms with Gasteiger partial charge in [-0.1, -0.05) is 0 Å². The Morgan fingerprint density at radius 2 is 2.12 bits per heavy atom. The Morgan fingerprint density at radius 3 is 2.76 bits per heavy atom. The van der Waals surface area contributed by atoms with Gasteiger partial charge in [0.25, 0.3) is 0 Å². The number of carbonyl (C=O) groups excluding carboxylic acids is 1. The van der Waals surface area contributed by atoms with Gasteiger partial charge in [-0.3, -0.25) is 4.98 Å². The summed E-state index contributed by atoms with van der Waals surface area (Å²) in [7, 11) is 0. The largest absolute Gasteiger partial charge is 0.443 e.